The van der Waals surface area contributed by atoms with E-state index < -0.39 is 12.4 Å². The van der Waals surface area contributed by atoms with E-state index in [0.717, 1.165) is 6.20 Å². The zero-order valence-corrected chi connectivity index (χ0v) is 9.06. The van der Waals surface area contributed by atoms with Crippen molar-refractivity contribution < 1.29 is 13.2 Å². The van der Waals surface area contributed by atoms with E-state index in [1.165, 1.54) is 0 Å². The van der Waals surface area contributed by atoms with Gasteiger partial charge in [0.05, 0.1) is 12.5 Å². The number of nitriles is 1. The summed E-state index contributed by atoms with van der Waals surface area (Å²) in [5.74, 6) is -0.865. The molecule has 0 saturated carbocycles. The standard InChI is InChI=1S/C9H6BrF3N2/c10-3-6-5(1-2-14)9(13)15-4-7(6)8(11)12/h4,8H,1,3H2. The molecule has 0 amide bonds. The highest BCUT2D eigenvalue weighted by atomic mass is 79.9. The van der Waals surface area contributed by atoms with Crippen LogP contribution in [0, 0.1) is 17.3 Å². The highest BCUT2D eigenvalue weighted by Gasteiger charge is 2.19. The summed E-state index contributed by atoms with van der Waals surface area (Å²) in [6.45, 7) is 0. The van der Waals surface area contributed by atoms with E-state index in [0.29, 0.717) is 0 Å². The van der Waals surface area contributed by atoms with Gasteiger partial charge in [0.25, 0.3) is 6.43 Å². The quantitative estimate of drug-likeness (QED) is 0.629. The molecule has 0 aliphatic rings. The van der Waals surface area contributed by atoms with Crippen LogP contribution in [0.25, 0.3) is 0 Å². The molecule has 1 rings (SSSR count). The van der Waals surface area contributed by atoms with E-state index >= 15 is 0 Å². The van der Waals surface area contributed by atoms with Crippen molar-refractivity contribution in [1.82, 2.24) is 4.98 Å². The van der Waals surface area contributed by atoms with Gasteiger partial charge in [-0.1, -0.05) is 15.9 Å². The van der Waals surface area contributed by atoms with E-state index in [9.17, 15) is 13.2 Å². The molecule has 0 atom stereocenters. The fourth-order valence-electron chi connectivity index (χ4n) is 1.19. The van der Waals surface area contributed by atoms with Crippen molar-refractivity contribution in [2.75, 3.05) is 0 Å². The molecular formula is C9H6BrF3N2. The molecule has 0 saturated heterocycles. The Bertz CT molecular complexity index is 401. The molecule has 0 bridgehead atoms. The van der Waals surface area contributed by atoms with E-state index in [2.05, 4.69) is 20.9 Å². The Hall–Kier alpha value is -1.09. The van der Waals surface area contributed by atoms with Crippen LogP contribution in [-0.4, -0.2) is 4.98 Å². The number of hydrogen-bond acceptors (Lipinski definition) is 2. The van der Waals surface area contributed by atoms with Crippen LogP contribution in [0.15, 0.2) is 6.20 Å². The summed E-state index contributed by atoms with van der Waals surface area (Å²) in [5.41, 5.74) is -0.287. The van der Waals surface area contributed by atoms with Gasteiger partial charge < -0.3 is 0 Å². The molecule has 0 unspecified atom stereocenters. The molecule has 1 aromatic rings. The van der Waals surface area contributed by atoms with Crippen LogP contribution in [0.1, 0.15) is 23.1 Å². The second-order valence-corrected chi connectivity index (χ2v) is 3.29. The Morgan fingerprint density at radius 2 is 2.13 bits per heavy atom. The summed E-state index contributed by atoms with van der Waals surface area (Å²) in [6.07, 6.45) is -2.18. The van der Waals surface area contributed by atoms with Crippen molar-refractivity contribution in [3.05, 3.63) is 28.8 Å². The van der Waals surface area contributed by atoms with Gasteiger partial charge in [-0.3, -0.25) is 0 Å². The number of pyridine rings is 1. The zero-order valence-electron chi connectivity index (χ0n) is 7.48. The minimum absolute atomic E-state index is 0.0628. The SMILES string of the molecule is N#CCc1c(F)ncc(C(F)F)c1CBr. The van der Waals surface area contributed by atoms with Gasteiger partial charge in [0.1, 0.15) is 0 Å². The maximum atomic E-state index is 13.1. The number of halogens is 4. The van der Waals surface area contributed by atoms with Gasteiger partial charge in [0.2, 0.25) is 5.95 Å². The number of rotatable bonds is 3. The molecule has 2 nitrogen and oxygen atoms in total. The van der Waals surface area contributed by atoms with Crippen LogP contribution in [0.4, 0.5) is 13.2 Å². The van der Waals surface area contributed by atoms with Gasteiger partial charge in [0, 0.05) is 22.7 Å². The summed E-state index contributed by atoms with van der Waals surface area (Å²) in [6, 6.07) is 1.72. The van der Waals surface area contributed by atoms with Crippen molar-refractivity contribution in [1.29, 1.82) is 5.26 Å². The van der Waals surface area contributed by atoms with Gasteiger partial charge in [-0.05, 0) is 5.56 Å². The lowest BCUT2D eigenvalue weighted by Crippen LogP contribution is -2.04. The molecule has 6 heteroatoms. The first-order valence-corrected chi connectivity index (χ1v) is 5.11. The van der Waals surface area contributed by atoms with Crippen LogP contribution in [0.2, 0.25) is 0 Å². The molecular weight excluding hydrogens is 273 g/mol. The molecule has 15 heavy (non-hydrogen) atoms. The first kappa shape index (κ1) is 12.0. The first-order chi connectivity index (χ1) is 7.11. The monoisotopic (exact) mass is 278 g/mol. The van der Waals surface area contributed by atoms with E-state index in [4.69, 9.17) is 5.26 Å². The Morgan fingerprint density at radius 3 is 2.60 bits per heavy atom. The second-order valence-electron chi connectivity index (χ2n) is 2.73. The van der Waals surface area contributed by atoms with Crippen molar-refractivity contribution in [2.24, 2.45) is 0 Å². The molecule has 0 aromatic carbocycles. The van der Waals surface area contributed by atoms with E-state index in [1.54, 1.807) is 6.07 Å². The van der Waals surface area contributed by atoms with Crippen molar-refractivity contribution in [2.45, 2.75) is 18.2 Å². The molecule has 0 N–H and O–H groups in total. The van der Waals surface area contributed by atoms with E-state index in [1.807, 2.05) is 0 Å². The highest BCUT2D eigenvalue weighted by molar-refractivity contribution is 9.08. The lowest BCUT2D eigenvalue weighted by molar-refractivity contribution is 0.149. The molecule has 0 radical (unpaired) electrons. The van der Waals surface area contributed by atoms with Gasteiger partial charge in [-0.15, -0.1) is 0 Å². The fraction of sp³-hybridized carbons (Fsp3) is 0.333. The Balaban J connectivity index is 3.34. The van der Waals surface area contributed by atoms with Crippen LogP contribution in [-0.2, 0) is 11.8 Å². The fourth-order valence-corrected chi connectivity index (χ4v) is 1.85. The molecule has 0 spiro atoms. The normalized spacial score (nSPS) is 10.4. The van der Waals surface area contributed by atoms with Gasteiger partial charge in [-0.2, -0.15) is 9.65 Å². The van der Waals surface area contributed by atoms with Crippen LogP contribution < -0.4 is 0 Å². The van der Waals surface area contributed by atoms with Crippen molar-refractivity contribution >= 4 is 15.9 Å². The van der Waals surface area contributed by atoms with Crippen LogP contribution >= 0.6 is 15.9 Å². The highest BCUT2D eigenvalue weighted by Crippen LogP contribution is 2.27. The first-order valence-electron chi connectivity index (χ1n) is 3.99. The molecule has 0 aliphatic heterocycles. The molecule has 80 valence electrons. The smallest absolute Gasteiger partial charge is 0.228 e. The Labute approximate surface area is 92.9 Å². The average Bonchev–Trinajstić information content (AvgIpc) is 2.20. The molecule has 0 aliphatic carbocycles. The summed E-state index contributed by atoms with van der Waals surface area (Å²) < 4.78 is 38.1. The van der Waals surface area contributed by atoms with Gasteiger partial charge in [0.15, 0.2) is 0 Å². The minimum Gasteiger partial charge on any atom is -0.228 e. The van der Waals surface area contributed by atoms with Crippen LogP contribution in [0.3, 0.4) is 0 Å². The minimum atomic E-state index is -2.72. The van der Waals surface area contributed by atoms with E-state index in [-0.39, 0.29) is 28.4 Å². The maximum absolute atomic E-state index is 13.1. The number of nitrogens with zero attached hydrogens (tertiary/aromatic N) is 2. The topological polar surface area (TPSA) is 36.7 Å². The largest absolute Gasteiger partial charge is 0.265 e. The third-order valence-electron chi connectivity index (χ3n) is 1.90. The summed E-state index contributed by atoms with van der Waals surface area (Å²) in [7, 11) is 0. The summed E-state index contributed by atoms with van der Waals surface area (Å²) in [5, 5.41) is 8.52. The molecule has 1 heterocycles. The Kier molecular flexibility index (Phi) is 4.09. The summed E-state index contributed by atoms with van der Waals surface area (Å²) in [4.78, 5) is 3.21. The van der Waals surface area contributed by atoms with Gasteiger partial charge >= 0.3 is 0 Å². The van der Waals surface area contributed by atoms with Gasteiger partial charge in [-0.25, -0.2) is 13.8 Å². The number of hydrogen-bond donors (Lipinski definition) is 0. The predicted octanol–water partition coefficient (Wildman–Crippen LogP) is 3.12. The third kappa shape index (κ3) is 2.48. The molecule has 1 aromatic heterocycles. The van der Waals surface area contributed by atoms with Crippen molar-refractivity contribution in [3.63, 3.8) is 0 Å². The summed E-state index contributed by atoms with van der Waals surface area (Å²) >= 11 is 2.99. The molecule has 0 fully saturated rings. The maximum Gasteiger partial charge on any atom is 0.265 e. The zero-order chi connectivity index (χ0) is 11.4. The Morgan fingerprint density at radius 1 is 1.47 bits per heavy atom. The lowest BCUT2D eigenvalue weighted by Gasteiger charge is -2.10. The average molecular weight is 279 g/mol. The van der Waals surface area contributed by atoms with Crippen molar-refractivity contribution in [3.8, 4) is 6.07 Å². The number of aromatic nitrogens is 1. The second kappa shape index (κ2) is 5.12. The third-order valence-corrected chi connectivity index (χ3v) is 2.46. The number of alkyl halides is 3. The van der Waals surface area contributed by atoms with Crippen LogP contribution in [0.5, 0.6) is 0 Å². The predicted molar refractivity (Wildman–Crippen MR) is 51.1 cm³/mol. The lowest BCUT2D eigenvalue weighted by atomic mass is 10.0.